The molecule has 0 aliphatic heterocycles. The minimum atomic E-state index is 0.00369. The molecule has 0 radical (unpaired) electrons. The monoisotopic (exact) mass is 351 g/mol. The highest BCUT2D eigenvalue weighted by Gasteiger charge is 2.25. The third-order valence-corrected chi connectivity index (χ3v) is 5.53. The SMILES string of the molecule is Cn1c(COc2ccccc2Cl)nnc1SC1CCCCC1=O. The molecule has 23 heavy (non-hydrogen) atoms. The quantitative estimate of drug-likeness (QED) is 0.822. The number of aromatic nitrogens is 3. The molecule has 0 amide bonds. The molecule has 1 fully saturated rings. The van der Waals surface area contributed by atoms with Crippen LogP contribution in [0.1, 0.15) is 31.5 Å². The predicted octanol–water partition coefficient (Wildman–Crippen LogP) is 3.65. The van der Waals surface area contributed by atoms with Gasteiger partial charge in [0.05, 0.1) is 10.3 Å². The number of carbonyl (C=O) groups excluding carboxylic acids is 1. The number of nitrogens with zero attached hydrogens (tertiary/aromatic N) is 3. The Morgan fingerprint density at radius 3 is 2.96 bits per heavy atom. The summed E-state index contributed by atoms with van der Waals surface area (Å²) in [6, 6.07) is 7.32. The van der Waals surface area contributed by atoms with Crippen LogP contribution in [0.5, 0.6) is 5.75 Å². The molecule has 1 heterocycles. The fraction of sp³-hybridized carbons (Fsp3) is 0.438. The summed E-state index contributed by atoms with van der Waals surface area (Å²) in [5, 5.41) is 9.68. The van der Waals surface area contributed by atoms with E-state index in [-0.39, 0.29) is 11.9 Å². The van der Waals surface area contributed by atoms with Crippen molar-refractivity contribution in [2.45, 2.75) is 42.7 Å². The van der Waals surface area contributed by atoms with Crippen LogP contribution >= 0.6 is 23.4 Å². The predicted molar refractivity (Wildman–Crippen MR) is 89.9 cm³/mol. The molecule has 1 aromatic heterocycles. The largest absolute Gasteiger partial charge is 0.484 e. The molecule has 2 aromatic rings. The van der Waals surface area contributed by atoms with Crippen molar-refractivity contribution in [3.05, 3.63) is 35.1 Å². The van der Waals surface area contributed by atoms with Crippen molar-refractivity contribution in [3.63, 3.8) is 0 Å². The van der Waals surface area contributed by atoms with Crippen LogP contribution in [0.15, 0.2) is 29.4 Å². The Bertz CT molecular complexity index is 704. The molecule has 3 rings (SSSR count). The van der Waals surface area contributed by atoms with E-state index in [9.17, 15) is 4.79 Å². The van der Waals surface area contributed by atoms with Crippen molar-refractivity contribution in [3.8, 4) is 5.75 Å². The van der Waals surface area contributed by atoms with Crippen LogP contribution in [0, 0.1) is 0 Å². The van der Waals surface area contributed by atoms with E-state index in [1.54, 1.807) is 6.07 Å². The number of hydrogen-bond donors (Lipinski definition) is 0. The summed E-state index contributed by atoms with van der Waals surface area (Å²) in [4.78, 5) is 11.9. The average molecular weight is 352 g/mol. The van der Waals surface area contributed by atoms with Crippen LogP contribution in [-0.4, -0.2) is 25.8 Å². The summed E-state index contributed by atoms with van der Waals surface area (Å²) in [7, 11) is 1.89. The van der Waals surface area contributed by atoms with E-state index in [1.165, 1.54) is 11.8 Å². The number of hydrogen-bond acceptors (Lipinski definition) is 5. The lowest BCUT2D eigenvalue weighted by Gasteiger charge is -2.19. The van der Waals surface area contributed by atoms with Crippen molar-refractivity contribution in [1.29, 1.82) is 0 Å². The molecule has 5 nitrogen and oxygen atoms in total. The van der Waals surface area contributed by atoms with Gasteiger partial charge in [-0.1, -0.05) is 41.9 Å². The number of ether oxygens (including phenoxy) is 1. The van der Waals surface area contributed by atoms with Crippen LogP contribution in [0.25, 0.3) is 0 Å². The first-order chi connectivity index (χ1) is 11.1. The Labute approximate surface area is 144 Å². The zero-order valence-corrected chi connectivity index (χ0v) is 14.4. The fourth-order valence-electron chi connectivity index (χ4n) is 2.48. The van der Waals surface area contributed by atoms with Crippen LogP contribution in [0.3, 0.4) is 0 Å². The molecule has 1 aliphatic carbocycles. The highest BCUT2D eigenvalue weighted by atomic mass is 35.5. The third-order valence-electron chi connectivity index (χ3n) is 3.86. The van der Waals surface area contributed by atoms with E-state index < -0.39 is 0 Å². The Morgan fingerprint density at radius 2 is 2.17 bits per heavy atom. The van der Waals surface area contributed by atoms with Gasteiger partial charge in [0.2, 0.25) is 0 Å². The van der Waals surface area contributed by atoms with Crippen molar-refractivity contribution >= 4 is 29.1 Å². The highest BCUT2D eigenvalue weighted by molar-refractivity contribution is 8.00. The van der Waals surface area contributed by atoms with Gasteiger partial charge in [0, 0.05) is 13.5 Å². The van der Waals surface area contributed by atoms with E-state index in [0.29, 0.717) is 28.8 Å². The Balaban J connectivity index is 1.65. The van der Waals surface area contributed by atoms with Crippen LogP contribution < -0.4 is 4.74 Å². The molecule has 122 valence electrons. The highest BCUT2D eigenvalue weighted by Crippen LogP contribution is 2.31. The van der Waals surface area contributed by atoms with E-state index in [1.807, 2.05) is 29.8 Å². The molecule has 0 spiro atoms. The topological polar surface area (TPSA) is 57.0 Å². The van der Waals surface area contributed by atoms with E-state index in [2.05, 4.69) is 10.2 Å². The number of benzene rings is 1. The second-order valence-corrected chi connectivity index (χ2v) is 7.07. The smallest absolute Gasteiger partial charge is 0.191 e. The number of thioether (sulfide) groups is 1. The van der Waals surface area contributed by atoms with Gasteiger partial charge in [0.25, 0.3) is 0 Å². The van der Waals surface area contributed by atoms with Crippen molar-refractivity contribution in [2.75, 3.05) is 0 Å². The molecule has 7 heteroatoms. The lowest BCUT2D eigenvalue weighted by molar-refractivity contribution is -0.119. The number of para-hydroxylation sites is 1. The van der Waals surface area contributed by atoms with E-state index in [4.69, 9.17) is 16.3 Å². The molecular formula is C16H18ClN3O2S. The number of carbonyl (C=O) groups is 1. The third kappa shape index (κ3) is 3.87. The van der Waals surface area contributed by atoms with Crippen molar-refractivity contribution in [1.82, 2.24) is 14.8 Å². The molecule has 1 unspecified atom stereocenters. The van der Waals surface area contributed by atoms with Crippen LogP contribution in [-0.2, 0) is 18.4 Å². The molecule has 1 saturated carbocycles. The van der Waals surface area contributed by atoms with Crippen LogP contribution in [0.4, 0.5) is 0 Å². The Kier molecular flexibility index (Phi) is 5.23. The summed E-state index contributed by atoms with van der Waals surface area (Å²) in [5.74, 6) is 1.64. The van der Waals surface area contributed by atoms with Gasteiger partial charge < -0.3 is 9.30 Å². The molecular weight excluding hydrogens is 334 g/mol. The summed E-state index contributed by atoms with van der Waals surface area (Å²) < 4.78 is 7.57. The zero-order valence-electron chi connectivity index (χ0n) is 12.9. The number of halogens is 1. The molecule has 1 aliphatic rings. The van der Waals surface area contributed by atoms with Gasteiger partial charge in [-0.25, -0.2) is 0 Å². The molecule has 1 atom stereocenters. The second kappa shape index (κ2) is 7.36. The Morgan fingerprint density at radius 1 is 1.35 bits per heavy atom. The number of rotatable bonds is 5. The van der Waals surface area contributed by atoms with E-state index >= 15 is 0 Å². The average Bonchev–Trinajstić information content (AvgIpc) is 2.89. The first-order valence-electron chi connectivity index (χ1n) is 7.60. The number of ketones is 1. The standard InChI is InChI=1S/C16H18ClN3O2S/c1-20-15(10-22-13-8-4-2-6-11(13)17)18-19-16(20)23-14-9-5-3-7-12(14)21/h2,4,6,8,14H,3,5,7,9-10H2,1H3. The van der Waals surface area contributed by atoms with Gasteiger partial charge >= 0.3 is 0 Å². The lowest BCUT2D eigenvalue weighted by Crippen LogP contribution is -2.21. The minimum Gasteiger partial charge on any atom is -0.484 e. The van der Waals surface area contributed by atoms with Crippen molar-refractivity contribution in [2.24, 2.45) is 7.05 Å². The maximum atomic E-state index is 11.9. The van der Waals surface area contributed by atoms with Gasteiger partial charge in [0.1, 0.15) is 18.1 Å². The first kappa shape index (κ1) is 16.3. The second-order valence-electron chi connectivity index (χ2n) is 5.50. The molecule has 0 saturated heterocycles. The van der Waals surface area contributed by atoms with Gasteiger partial charge in [-0.3, -0.25) is 4.79 Å². The summed E-state index contributed by atoms with van der Waals surface area (Å²) in [6.07, 6.45) is 3.70. The summed E-state index contributed by atoms with van der Waals surface area (Å²) >= 11 is 7.57. The first-order valence-corrected chi connectivity index (χ1v) is 8.86. The number of Topliss-reactive ketones (excluding diaryl/α,β-unsaturated/α-hetero) is 1. The maximum absolute atomic E-state index is 11.9. The van der Waals surface area contributed by atoms with Gasteiger partial charge in [-0.15, -0.1) is 10.2 Å². The molecule has 0 bridgehead atoms. The Hall–Kier alpha value is -1.53. The molecule has 0 N–H and O–H groups in total. The normalized spacial score (nSPS) is 18.2. The van der Waals surface area contributed by atoms with Gasteiger partial charge in [-0.2, -0.15) is 0 Å². The summed E-state index contributed by atoms with van der Waals surface area (Å²) in [6.45, 7) is 0.284. The zero-order chi connectivity index (χ0) is 16.2. The molecule has 1 aromatic carbocycles. The van der Waals surface area contributed by atoms with Crippen LogP contribution in [0.2, 0.25) is 5.02 Å². The van der Waals surface area contributed by atoms with E-state index in [0.717, 1.165) is 24.4 Å². The fourth-order valence-corrected chi connectivity index (χ4v) is 3.81. The van der Waals surface area contributed by atoms with Gasteiger partial charge in [-0.05, 0) is 25.0 Å². The van der Waals surface area contributed by atoms with Crippen molar-refractivity contribution < 1.29 is 9.53 Å². The summed E-state index contributed by atoms with van der Waals surface area (Å²) in [5.41, 5.74) is 0. The lowest BCUT2D eigenvalue weighted by atomic mass is 9.99. The minimum absolute atomic E-state index is 0.00369. The van der Waals surface area contributed by atoms with Gasteiger partial charge in [0.15, 0.2) is 11.0 Å². The maximum Gasteiger partial charge on any atom is 0.191 e.